The van der Waals surface area contributed by atoms with Gasteiger partial charge in [0.05, 0.1) is 5.56 Å². The Hall–Kier alpha value is -1.26. The standard InChI is InChI=1S/C13H18ClN3O/c1-15-12-4-3-9(14)7-11(12)13(18)16-10-5-6-17(2)8-10/h3-4,7,10,15H,5-6,8H2,1-2H3,(H,16,18). The first-order chi connectivity index (χ1) is 8.60. The summed E-state index contributed by atoms with van der Waals surface area (Å²) in [6, 6.07) is 5.51. The van der Waals surface area contributed by atoms with Crippen LogP contribution in [0.5, 0.6) is 0 Å². The van der Waals surface area contributed by atoms with Crippen molar-refractivity contribution in [3.8, 4) is 0 Å². The van der Waals surface area contributed by atoms with Gasteiger partial charge in [-0.2, -0.15) is 0 Å². The zero-order valence-electron chi connectivity index (χ0n) is 10.7. The molecule has 0 bridgehead atoms. The van der Waals surface area contributed by atoms with Gasteiger partial charge in [-0.3, -0.25) is 4.79 Å². The quantitative estimate of drug-likeness (QED) is 0.878. The molecule has 1 amide bonds. The molecule has 1 aromatic rings. The number of rotatable bonds is 3. The summed E-state index contributed by atoms with van der Waals surface area (Å²) in [6.07, 6.45) is 0.998. The van der Waals surface area contributed by atoms with E-state index in [4.69, 9.17) is 11.6 Å². The Morgan fingerprint density at radius 1 is 1.50 bits per heavy atom. The van der Waals surface area contributed by atoms with E-state index in [9.17, 15) is 4.79 Å². The first kappa shape index (κ1) is 13.2. The van der Waals surface area contributed by atoms with Gasteiger partial charge in [0, 0.05) is 30.3 Å². The third-order valence-corrected chi connectivity index (χ3v) is 3.46. The fraction of sp³-hybridized carbons (Fsp3) is 0.462. The van der Waals surface area contributed by atoms with Gasteiger partial charge in [0.2, 0.25) is 0 Å². The Kier molecular flexibility index (Phi) is 4.09. The van der Waals surface area contributed by atoms with Gasteiger partial charge in [-0.1, -0.05) is 11.6 Å². The van der Waals surface area contributed by atoms with E-state index >= 15 is 0 Å². The summed E-state index contributed by atoms with van der Waals surface area (Å²) < 4.78 is 0. The number of hydrogen-bond donors (Lipinski definition) is 2. The summed E-state index contributed by atoms with van der Waals surface area (Å²) in [4.78, 5) is 14.4. The zero-order chi connectivity index (χ0) is 13.1. The maximum absolute atomic E-state index is 12.2. The van der Waals surface area contributed by atoms with Crippen LogP contribution in [0, 0.1) is 0 Å². The highest BCUT2D eigenvalue weighted by molar-refractivity contribution is 6.31. The predicted octanol–water partition coefficient (Wildman–Crippen LogP) is 1.82. The van der Waals surface area contributed by atoms with E-state index in [2.05, 4.69) is 22.6 Å². The van der Waals surface area contributed by atoms with E-state index in [0.717, 1.165) is 25.2 Å². The summed E-state index contributed by atoms with van der Waals surface area (Å²) in [5, 5.41) is 6.63. The van der Waals surface area contributed by atoms with Crippen LogP contribution >= 0.6 is 11.6 Å². The van der Waals surface area contributed by atoms with Crippen LogP contribution in [0.3, 0.4) is 0 Å². The van der Waals surface area contributed by atoms with Gasteiger partial charge in [0.25, 0.3) is 5.91 Å². The topological polar surface area (TPSA) is 44.4 Å². The van der Waals surface area contributed by atoms with E-state index in [0.29, 0.717) is 10.6 Å². The van der Waals surface area contributed by atoms with Crippen LogP contribution < -0.4 is 10.6 Å². The molecule has 0 spiro atoms. The summed E-state index contributed by atoms with van der Waals surface area (Å²) in [5.74, 6) is -0.0675. The van der Waals surface area contributed by atoms with Crippen LogP contribution in [0.25, 0.3) is 0 Å². The molecule has 98 valence electrons. The van der Waals surface area contributed by atoms with Crippen LogP contribution in [-0.2, 0) is 0 Å². The highest BCUT2D eigenvalue weighted by Crippen LogP contribution is 2.20. The molecule has 2 N–H and O–H groups in total. The van der Waals surface area contributed by atoms with Gasteiger partial charge >= 0.3 is 0 Å². The number of amides is 1. The smallest absolute Gasteiger partial charge is 0.253 e. The van der Waals surface area contributed by atoms with Gasteiger partial charge in [-0.05, 0) is 38.2 Å². The molecule has 1 atom stereocenters. The van der Waals surface area contributed by atoms with Gasteiger partial charge in [-0.25, -0.2) is 0 Å². The lowest BCUT2D eigenvalue weighted by Gasteiger charge is -2.15. The van der Waals surface area contributed by atoms with Crippen molar-refractivity contribution in [1.29, 1.82) is 0 Å². The van der Waals surface area contributed by atoms with Crippen LogP contribution in [0.4, 0.5) is 5.69 Å². The molecule has 0 aliphatic carbocycles. The number of likely N-dealkylation sites (N-methyl/N-ethyl adjacent to an activating group) is 1. The lowest BCUT2D eigenvalue weighted by atomic mass is 10.1. The molecular formula is C13H18ClN3O. The van der Waals surface area contributed by atoms with Crippen molar-refractivity contribution in [2.75, 3.05) is 32.5 Å². The molecule has 1 heterocycles. The number of nitrogens with one attached hydrogen (secondary N) is 2. The number of anilines is 1. The highest BCUT2D eigenvalue weighted by Gasteiger charge is 2.22. The van der Waals surface area contributed by atoms with Crippen molar-refractivity contribution >= 4 is 23.2 Å². The molecule has 1 fully saturated rings. The Morgan fingerprint density at radius 2 is 2.28 bits per heavy atom. The lowest BCUT2D eigenvalue weighted by molar-refractivity contribution is 0.0939. The Labute approximate surface area is 112 Å². The van der Waals surface area contributed by atoms with E-state index in [1.807, 2.05) is 6.07 Å². The van der Waals surface area contributed by atoms with E-state index < -0.39 is 0 Å². The van der Waals surface area contributed by atoms with E-state index in [1.54, 1.807) is 19.2 Å². The number of benzene rings is 1. The molecule has 1 aliphatic rings. The molecule has 1 unspecified atom stereocenters. The molecular weight excluding hydrogens is 250 g/mol. The highest BCUT2D eigenvalue weighted by atomic mass is 35.5. The molecule has 0 aromatic heterocycles. The summed E-state index contributed by atoms with van der Waals surface area (Å²) in [6.45, 7) is 1.93. The third-order valence-electron chi connectivity index (χ3n) is 3.22. The maximum Gasteiger partial charge on any atom is 0.253 e. The lowest BCUT2D eigenvalue weighted by Crippen LogP contribution is -2.36. The number of carbonyl (C=O) groups is 1. The molecule has 5 heteroatoms. The predicted molar refractivity (Wildman–Crippen MR) is 74.4 cm³/mol. The molecule has 1 saturated heterocycles. The number of likely N-dealkylation sites (tertiary alicyclic amines) is 1. The minimum absolute atomic E-state index is 0.0675. The second-order valence-electron chi connectivity index (χ2n) is 4.66. The molecule has 1 aliphatic heterocycles. The number of nitrogens with zero attached hydrogens (tertiary/aromatic N) is 1. The van der Waals surface area contributed by atoms with Crippen molar-refractivity contribution < 1.29 is 4.79 Å². The Morgan fingerprint density at radius 3 is 2.89 bits per heavy atom. The van der Waals surface area contributed by atoms with Gasteiger partial charge in [0.1, 0.15) is 0 Å². The van der Waals surface area contributed by atoms with Crippen molar-refractivity contribution in [3.05, 3.63) is 28.8 Å². The second-order valence-corrected chi connectivity index (χ2v) is 5.10. The fourth-order valence-electron chi connectivity index (χ4n) is 2.24. The normalized spacial score (nSPS) is 19.8. The van der Waals surface area contributed by atoms with Crippen LogP contribution in [0.2, 0.25) is 5.02 Å². The minimum atomic E-state index is -0.0675. The number of hydrogen-bond acceptors (Lipinski definition) is 3. The second kappa shape index (κ2) is 5.59. The van der Waals surface area contributed by atoms with Crippen LogP contribution in [0.1, 0.15) is 16.8 Å². The SMILES string of the molecule is CNc1ccc(Cl)cc1C(=O)NC1CCN(C)C1. The van der Waals surface area contributed by atoms with Crippen molar-refractivity contribution in [3.63, 3.8) is 0 Å². The monoisotopic (exact) mass is 267 g/mol. The molecule has 0 saturated carbocycles. The third kappa shape index (κ3) is 2.94. The van der Waals surface area contributed by atoms with E-state index in [1.165, 1.54) is 0 Å². The summed E-state index contributed by atoms with van der Waals surface area (Å²) in [7, 11) is 3.86. The number of carbonyl (C=O) groups excluding carboxylic acids is 1. The average molecular weight is 268 g/mol. The Bertz CT molecular complexity index is 450. The fourth-order valence-corrected chi connectivity index (χ4v) is 2.41. The molecule has 0 radical (unpaired) electrons. The minimum Gasteiger partial charge on any atom is -0.387 e. The van der Waals surface area contributed by atoms with Crippen LogP contribution in [-0.4, -0.2) is 44.0 Å². The molecule has 2 rings (SSSR count). The zero-order valence-corrected chi connectivity index (χ0v) is 11.4. The molecule has 1 aromatic carbocycles. The molecule has 4 nitrogen and oxygen atoms in total. The van der Waals surface area contributed by atoms with Crippen molar-refractivity contribution in [2.45, 2.75) is 12.5 Å². The van der Waals surface area contributed by atoms with Crippen molar-refractivity contribution in [2.24, 2.45) is 0 Å². The summed E-state index contributed by atoms with van der Waals surface area (Å²) in [5.41, 5.74) is 1.39. The first-order valence-corrected chi connectivity index (χ1v) is 6.44. The average Bonchev–Trinajstić information content (AvgIpc) is 2.74. The summed E-state index contributed by atoms with van der Waals surface area (Å²) >= 11 is 5.94. The van der Waals surface area contributed by atoms with Crippen LogP contribution in [0.15, 0.2) is 18.2 Å². The van der Waals surface area contributed by atoms with Gasteiger partial charge in [-0.15, -0.1) is 0 Å². The van der Waals surface area contributed by atoms with Gasteiger partial charge < -0.3 is 15.5 Å². The molecule has 18 heavy (non-hydrogen) atoms. The van der Waals surface area contributed by atoms with Crippen molar-refractivity contribution in [1.82, 2.24) is 10.2 Å². The number of halogens is 1. The maximum atomic E-state index is 12.2. The Balaban J connectivity index is 2.10. The van der Waals surface area contributed by atoms with Gasteiger partial charge in [0.15, 0.2) is 0 Å². The largest absolute Gasteiger partial charge is 0.387 e. The van der Waals surface area contributed by atoms with E-state index in [-0.39, 0.29) is 11.9 Å². The first-order valence-electron chi connectivity index (χ1n) is 6.07.